The molecule has 108 valence electrons. The SMILES string of the molecule is COC(=O)C1(c2cccc(C3CCOCC3)n2)COC1. The maximum absolute atomic E-state index is 12.0. The molecule has 0 spiro atoms. The number of esters is 1. The van der Waals surface area contributed by atoms with Gasteiger partial charge in [0.2, 0.25) is 0 Å². The van der Waals surface area contributed by atoms with Crippen molar-refractivity contribution in [3.05, 3.63) is 29.6 Å². The second-order valence-corrected chi connectivity index (χ2v) is 5.40. The fourth-order valence-electron chi connectivity index (χ4n) is 2.81. The van der Waals surface area contributed by atoms with Crippen LogP contribution in [0.3, 0.4) is 0 Å². The van der Waals surface area contributed by atoms with Crippen molar-refractivity contribution >= 4 is 5.97 Å². The molecule has 1 aromatic heterocycles. The second-order valence-electron chi connectivity index (χ2n) is 5.40. The molecule has 0 bridgehead atoms. The Kier molecular flexibility index (Phi) is 3.72. The van der Waals surface area contributed by atoms with Crippen LogP contribution in [-0.2, 0) is 24.4 Å². The van der Waals surface area contributed by atoms with Crippen LogP contribution >= 0.6 is 0 Å². The average Bonchev–Trinajstić information content (AvgIpc) is 2.47. The van der Waals surface area contributed by atoms with Crippen LogP contribution in [0.2, 0.25) is 0 Å². The molecule has 20 heavy (non-hydrogen) atoms. The Morgan fingerprint density at radius 1 is 1.30 bits per heavy atom. The minimum atomic E-state index is -0.712. The number of methoxy groups -OCH3 is 1. The molecule has 5 heteroatoms. The topological polar surface area (TPSA) is 57.7 Å². The lowest BCUT2D eigenvalue weighted by atomic mass is 9.81. The van der Waals surface area contributed by atoms with Gasteiger partial charge >= 0.3 is 5.97 Å². The highest BCUT2D eigenvalue weighted by molar-refractivity contribution is 5.84. The zero-order valence-electron chi connectivity index (χ0n) is 11.6. The summed E-state index contributed by atoms with van der Waals surface area (Å²) >= 11 is 0. The molecule has 2 fully saturated rings. The summed E-state index contributed by atoms with van der Waals surface area (Å²) in [5.74, 6) is 0.153. The fourth-order valence-corrected chi connectivity index (χ4v) is 2.81. The molecule has 3 heterocycles. The van der Waals surface area contributed by atoms with Gasteiger partial charge in [0.1, 0.15) is 0 Å². The van der Waals surface area contributed by atoms with Crippen LogP contribution in [0.5, 0.6) is 0 Å². The van der Waals surface area contributed by atoms with Gasteiger partial charge in [-0.1, -0.05) is 6.07 Å². The summed E-state index contributed by atoms with van der Waals surface area (Å²) < 4.78 is 15.5. The molecule has 5 nitrogen and oxygen atoms in total. The molecule has 0 saturated carbocycles. The van der Waals surface area contributed by atoms with Crippen LogP contribution in [0.15, 0.2) is 18.2 Å². The van der Waals surface area contributed by atoms with Crippen LogP contribution < -0.4 is 0 Å². The number of nitrogens with zero attached hydrogens (tertiary/aromatic N) is 1. The monoisotopic (exact) mass is 277 g/mol. The standard InChI is InChI=1S/C15H19NO4/c1-18-14(17)15(9-20-10-15)13-4-2-3-12(16-13)11-5-7-19-8-6-11/h2-4,11H,5-10H2,1H3. The Morgan fingerprint density at radius 3 is 2.65 bits per heavy atom. The predicted molar refractivity (Wildman–Crippen MR) is 71.5 cm³/mol. The van der Waals surface area contributed by atoms with Crippen molar-refractivity contribution in [2.24, 2.45) is 0 Å². The highest BCUT2D eigenvalue weighted by Crippen LogP contribution is 2.34. The van der Waals surface area contributed by atoms with E-state index in [4.69, 9.17) is 19.2 Å². The third-order valence-corrected chi connectivity index (χ3v) is 4.17. The van der Waals surface area contributed by atoms with Crippen molar-refractivity contribution in [1.29, 1.82) is 0 Å². The lowest BCUT2D eigenvalue weighted by molar-refractivity contribution is -0.167. The lowest BCUT2D eigenvalue weighted by Crippen LogP contribution is -2.54. The van der Waals surface area contributed by atoms with Crippen molar-refractivity contribution in [2.75, 3.05) is 33.5 Å². The zero-order valence-corrected chi connectivity index (χ0v) is 11.6. The summed E-state index contributed by atoms with van der Waals surface area (Å²) in [4.78, 5) is 16.8. The Balaban J connectivity index is 1.88. The molecular weight excluding hydrogens is 258 g/mol. The van der Waals surface area contributed by atoms with Crippen LogP contribution in [0.1, 0.15) is 30.1 Å². The first kappa shape index (κ1) is 13.5. The number of carbonyl (C=O) groups is 1. The van der Waals surface area contributed by atoms with Gasteiger partial charge in [0.05, 0.1) is 26.0 Å². The Hall–Kier alpha value is -1.46. The van der Waals surface area contributed by atoms with E-state index in [1.165, 1.54) is 7.11 Å². The normalized spacial score (nSPS) is 22.1. The number of ether oxygens (including phenoxy) is 3. The molecule has 2 aliphatic heterocycles. The largest absolute Gasteiger partial charge is 0.468 e. The summed E-state index contributed by atoms with van der Waals surface area (Å²) in [6.07, 6.45) is 1.97. The first-order valence-corrected chi connectivity index (χ1v) is 6.97. The van der Waals surface area contributed by atoms with Gasteiger partial charge in [-0.05, 0) is 25.0 Å². The summed E-state index contributed by atoms with van der Waals surface area (Å²) in [6, 6.07) is 5.89. The number of hydrogen-bond acceptors (Lipinski definition) is 5. The number of carbonyl (C=O) groups excluding carboxylic acids is 1. The van der Waals surface area contributed by atoms with Gasteiger partial charge in [-0.2, -0.15) is 0 Å². The van der Waals surface area contributed by atoms with E-state index in [0.29, 0.717) is 19.1 Å². The molecule has 3 rings (SSSR count). The van der Waals surface area contributed by atoms with E-state index in [0.717, 1.165) is 37.4 Å². The van der Waals surface area contributed by atoms with Crippen molar-refractivity contribution in [3.8, 4) is 0 Å². The van der Waals surface area contributed by atoms with Gasteiger partial charge in [-0.25, -0.2) is 0 Å². The molecule has 0 aliphatic carbocycles. The van der Waals surface area contributed by atoms with E-state index >= 15 is 0 Å². The number of rotatable bonds is 3. The van der Waals surface area contributed by atoms with Gasteiger partial charge in [-0.3, -0.25) is 9.78 Å². The van der Waals surface area contributed by atoms with E-state index < -0.39 is 5.41 Å². The van der Waals surface area contributed by atoms with E-state index in [9.17, 15) is 4.79 Å². The van der Waals surface area contributed by atoms with Crippen molar-refractivity contribution in [3.63, 3.8) is 0 Å². The van der Waals surface area contributed by atoms with Gasteiger partial charge in [0.15, 0.2) is 5.41 Å². The van der Waals surface area contributed by atoms with Crippen LogP contribution in [0.4, 0.5) is 0 Å². The minimum absolute atomic E-state index is 0.264. The van der Waals surface area contributed by atoms with Gasteiger partial charge < -0.3 is 14.2 Å². The molecule has 1 aromatic rings. The van der Waals surface area contributed by atoms with E-state index in [1.54, 1.807) is 0 Å². The predicted octanol–water partition coefficient (Wildman–Crippen LogP) is 1.42. The second kappa shape index (κ2) is 5.50. The lowest BCUT2D eigenvalue weighted by Gasteiger charge is -2.38. The highest BCUT2D eigenvalue weighted by Gasteiger charge is 2.50. The minimum Gasteiger partial charge on any atom is -0.468 e. The molecule has 2 saturated heterocycles. The third-order valence-electron chi connectivity index (χ3n) is 4.17. The average molecular weight is 277 g/mol. The van der Waals surface area contributed by atoms with Gasteiger partial charge in [0, 0.05) is 24.8 Å². The molecular formula is C15H19NO4. The smallest absolute Gasteiger partial charge is 0.322 e. The van der Waals surface area contributed by atoms with Crippen LogP contribution in [0, 0.1) is 0 Å². The third kappa shape index (κ3) is 2.21. The Morgan fingerprint density at radius 2 is 2.05 bits per heavy atom. The molecule has 2 aliphatic rings. The molecule has 0 N–H and O–H groups in total. The number of hydrogen-bond donors (Lipinski definition) is 0. The van der Waals surface area contributed by atoms with Crippen molar-refractivity contribution in [2.45, 2.75) is 24.2 Å². The first-order chi connectivity index (χ1) is 9.76. The molecule has 0 amide bonds. The fraction of sp³-hybridized carbons (Fsp3) is 0.600. The maximum atomic E-state index is 12.0. The van der Waals surface area contributed by atoms with Crippen LogP contribution in [-0.4, -0.2) is 44.5 Å². The Bertz CT molecular complexity index is 492. The van der Waals surface area contributed by atoms with Gasteiger partial charge in [0.25, 0.3) is 0 Å². The summed E-state index contributed by atoms with van der Waals surface area (Å²) in [7, 11) is 1.41. The molecule has 0 radical (unpaired) electrons. The summed E-state index contributed by atoms with van der Waals surface area (Å²) in [6.45, 7) is 2.26. The van der Waals surface area contributed by atoms with Crippen molar-refractivity contribution < 1.29 is 19.0 Å². The van der Waals surface area contributed by atoms with Crippen LogP contribution in [0.25, 0.3) is 0 Å². The summed E-state index contributed by atoms with van der Waals surface area (Å²) in [5, 5.41) is 0. The highest BCUT2D eigenvalue weighted by atomic mass is 16.5. The summed E-state index contributed by atoms with van der Waals surface area (Å²) in [5.41, 5.74) is 1.09. The first-order valence-electron chi connectivity index (χ1n) is 6.97. The maximum Gasteiger partial charge on any atom is 0.322 e. The molecule has 0 atom stereocenters. The number of pyridine rings is 1. The molecule has 0 unspecified atom stereocenters. The Labute approximate surface area is 118 Å². The van der Waals surface area contributed by atoms with Gasteiger partial charge in [-0.15, -0.1) is 0 Å². The van der Waals surface area contributed by atoms with E-state index in [2.05, 4.69) is 0 Å². The number of aromatic nitrogens is 1. The molecule has 0 aromatic carbocycles. The van der Waals surface area contributed by atoms with E-state index in [1.807, 2.05) is 18.2 Å². The van der Waals surface area contributed by atoms with E-state index in [-0.39, 0.29) is 5.97 Å². The quantitative estimate of drug-likeness (QED) is 0.782. The zero-order chi connectivity index (χ0) is 14.0. The van der Waals surface area contributed by atoms with Crippen molar-refractivity contribution in [1.82, 2.24) is 4.98 Å².